The first kappa shape index (κ1) is 30.6. The van der Waals surface area contributed by atoms with Crippen molar-refractivity contribution in [3.8, 4) is 34.0 Å². The van der Waals surface area contributed by atoms with Crippen molar-refractivity contribution in [1.82, 2.24) is 14.3 Å². The van der Waals surface area contributed by atoms with Gasteiger partial charge in [-0.25, -0.2) is 4.68 Å². The van der Waals surface area contributed by atoms with Gasteiger partial charge in [0.25, 0.3) is 0 Å². The van der Waals surface area contributed by atoms with Crippen LogP contribution in [0.2, 0.25) is 0 Å². The van der Waals surface area contributed by atoms with Gasteiger partial charge in [-0.1, -0.05) is 82.3 Å². The normalized spacial score (nSPS) is 12.0. The molecule has 0 saturated carbocycles. The minimum atomic E-state index is 0.0546. The van der Waals surface area contributed by atoms with Crippen molar-refractivity contribution in [3.05, 3.63) is 137 Å². The molecule has 7 rings (SSSR count). The number of hydrogen-bond donors (Lipinski definition) is 0. The van der Waals surface area contributed by atoms with Gasteiger partial charge in [-0.3, -0.25) is 0 Å². The van der Waals surface area contributed by atoms with Crippen LogP contribution in [0.5, 0.6) is 11.5 Å². The Morgan fingerprint density at radius 3 is 2.04 bits per heavy atom. The van der Waals surface area contributed by atoms with E-state index in [4.69, 9.17) is 9.84 Å². The van der Waals surface area contributed by atoms with Crippen molar-refractivity contribution >= 4 is 21.8 Å². The van der Waals surface area contributed by atoms with Gasteiger partial charge in [0.05, 0.1) is 22.4 Å². The third kappa shape index (κ3) is 5.22. The third-order valence-corrected chi connectivity index (χ3v) is 10.3. The second kappa shape index (κ2) is 11.6. The summed E-state index contributed by atoms with van der Waals surface area (Å²) >= 11 is 0. The van der Waals surface area contributed by atoms with Gasteiger partial charge in [0.2, 0.25) is 0 Å². The van der Waals surface area contributed by atoms with Crippen molar-refractivity contribution in [1.29, 1.82) is 0 Å². The van der Waals surface area contributed by atoms with Gasteiger partial charge in [-0.05, 0) is 104 Å². The number of ether oxygens (including phenoxy) is 1. The Kier molecular flexibility index (Phi) is 7.55. The first-order valence-corrected chi connectivity index (χ1v) is 16.6. The molecule has 0 amide bonds. The maximum Gasteiger partial charge on any atom is 0.129 e. The smallest absolute Gasteiger partial charge is 0.129 e. The number of aromatic nitrogens is 3. The van der Waals surface area contributed by atoms with Gasteiger partial charge >= 0.3 is 0 Å². The van der Waals surface area contributed by atoms with Crippen molar-refractivity contribution in [2.24, 2.45) is 5.92 Å². The Bertz CT molecular complexity index is 2260. The van der Waals surface area contributed by atoms with Crippen LogP contribution in [0.1, 0.15) is 55.8 Å². The molecule has 0 aliphatic carbocycles. The fourth-order valence-corrected chi connectivity index (χ4v) is 6.95. The van der Waals surface area contributed by atoms with Gasteiger partial charge in [-0.15, -0.1) is 0 Å². The molecule has 7 aromatic rings. The van der Waals surface area contributed by atoms with Crippen LogP contribution in [-0.2, 0) is 5.41 Å². The Labute approximate surface area is 278 Å². The number of para-hydroxylation sites is 1. The highest BCUT2D eigenvalue weighted by atomic mass is 16.5. The van der Waals surface area contributed by atoms with E-state index in [-0.39, 0.29) is 5.41 Å². The molecule has 0 radical (unpaired) electrons. The van der Waals surface area contributed by atoms with E-state index in [1.807, 2.05) is 16.8 Å². The van der Waals surface area contributed by atoms with Crippen LogP contribution >= 0.6 is 0 Å². The van der Waals surface area contributed by atoms with E-state index in [0.717, 1.165) is 39.8 Å². The van der Waals surface area contributed by atoms with Crippen LogP contribution in [-0.4, -0.2) is 14.3 Å². The van der Waals surface area contributed by atoms with Gasteiger partial charge in [-0.2, -0.15) is 5.10 Å². The zero-order valence-corrected chi connectivity index (χ0v) is 28.7. The molecule has 0 aliphatic rings. The molecule has 0 N–H and O–H groups in total. The molecule has 0 bridgehead atoms. The van der Waals surface area contributed by atoms with Crippen LogP contribution in [0.25, 0.3) is 44.3 Å². The van der Waals surface area contributed by atoms with Gasteiger partial charge in [0.15, 0.2) is 0 Å². The zero-order chi connectivity index (χ0) is 33.0. The monoisotopic (exact) mass is 617 g/mol. The summed E-state index contributed by atoms with van der Waals surface area (Å²) in [7, 11) is 0. The van der Waals surface area contributed by atoms with Crippen LogP contribution < -0.4 is 4.74 Å². The van der Waals surface area contributed by atoms with Crippen LogP contribution in [0.15, 0.2) is 109 Å². The lowest BCUT2D eigenvalue weighted by Crippen LogP contribution is -2.24. The molecule has 0 saturated heterocycles. The second-order valence-corrected chi connectivity index (χ2v) is 13.8. The number of hydrogen-bond acceptors (Lipinski definition) is 2. The summed E-state index contributed by atoms with van der Waals surface area (Å²) in [4.78, 5) is 0. The quantitative estimate of drug-likeness (QED) is 0.178. The molecule has 5 aromatic carbocycles. The SMILES string of the molecule is Cc1cccc(C)c1-c1c(C)nn(-c2cccc(Oc3ccc4c5ccccc5n(-c5cccc(C(C)(C)C(C)C)c5)c4c3)c2)c1C. The molecule has 236 valence electrons. The van der Waals surface area contributed by atoms with E-state index in [1.165, 1.54) is 44.1 Å². The molecular formula is C43H43N3O. The van der Waals surface area contributed by atoms with Crippen molar-refractivity contribution < 1.29 is 4.74 Å². The predicted molar refractivity (Wildman–Crippen MR) is 197 cm³/mol. The summed E-state index contributed by atoms with van der Waals surface area (Å²) in [5.41, 5.74) is 13.0. The Balaban J connectivity index is 1.29. The Morgan fingerprint density at radius 2 is 1.28 bits per heavy atom. The maximum atomic E-state index is 6.59. The summed E-state index contributed by atoms with van der Waals surface area (Å²) in [5, 5.41) is 7.43. The minimum Gasteiger partial charge on any atom is -0.457 e. The van der Waals surface area contributed by atoms with E-state index < -0.39 is 0 Å². The van der Waals surface area contributed by atoms with Crippen LogP contribution in [0.3, 0.4) is 0 Å². The van der Waals surface area contributed by atoms with Crippen molar-refractivity contribution in [3.63, 3.8) is 0 Å². The highest BCUT2D eigenvalue weighted by molar-refractivity contribution is 6.09. The van der Waals surface area contributed by atoms with Crippen LogP contribution in [0, 0.1) is 33.6 Å². The number of fused-ring (bicyclic) bond motifs is 3. The Hall–Kier alpha value is -5.09. The van der Waals surface area contributed by atoms with Gasteiger partial charge in [0.1, 0.15) is 11.5 Å². The van der Waals surface area contributed by atoms with Crippen molar-refractivity contribution in [2.75, 3.05) is 0 Å². The predicted octanol–water partition coefficient (Wildman–Crippen LogP) is 11.6. The minimum absolute atomic E-state index is 0.0546. The van der Waals surface area contributed by atoms with Gasteiger partial charge in [0, 0.05) is 39.8 Å². The standard InChI is InChI=1S/C43H43N3O/c1-27(2)43(7,8)32-16-12-17-33(24-32)45-39-21-10-9-20-37(39)38-23-22-36(26-40(38)45)47-35-19-13-18-34(25-35)46-31(6)42(30(5)44-46)41-28(3)14-11-15-29(41)4/h9-27H,1-8H3. The number of benzene rings is 5. The Morgan fingerprint density at radius 1 is 0.617 bits per heavy atom. The first-order chi connectivity index (χ1) is 22.5. The van der Waals surface area contributed by atoms with E-state index in [2.05, 4.69) is 157 Å². The second-order valence-electron chi connectivity index (χ2n) is 13.8. The van der Waals surface area contributed by atoms with E-state index in [0.29, 0.717) is 5.92 Å². The first-order valence-electron chi connectivity index (χ1n) is 16.6. The molecule has 0 spiro atoms. The van der Waals surface area contributed by atoms with Crippen molar-refractivity contribution in [2.45, 2.75) is 60.8 Å². The fourth-order valence-electron chi connectivity index (χ4n) is 6.95. The summed E-state index contributed by atoms with van der Waals surface area (Å²) in [6, 6.07) is 38.8. The largest absolute Gasteiger partial charge is 0.457 e. The lowest BCUT2D eigenvalue weighted by molar-refractivity contribution is 0.372. The average Bonchev–Trinajstić information content (AvgIpc) is 3.54. The number of rotatable bonds is 7. The molecule has 4 nitrogen and oxygen atoms in total. The average molecular weight is 618 g/mol. The maximum absolute atomic E-state index is 6.59. The van der Waals surface area contributed by atoms with Gasteiger partial charge < -0.3 is 9.30 Å². The molecule has 4 heteroatoms. The molecule has 0 aliphatic heterocycles. The molecule has 0 atom stereocenters. The lowest BCUT2D eigenvalue weighted by Gasteiger charge is -2.30. The molecular weight excluding hydrogens is 574 g/mol. The molecule has 0 unspecified atom stereocenters. The molecule has 47 heavy (non-hydrogen) atoms. The van der Waals surface area contributed by atoms with E-state index in [9.17, 15) is 0 Å². The van der Waals surface area contributed by atoms with Crippen LogP contribution in [0.4, 0.5) is 0 Å². The topological polar surface area (TPSA) is 32.0 Å². The van der Waals surface area contributed by atoms with E-state index >= 15 is 0 Å². The molecule has 2 aromatic heterocycles. The fraction of sp³-hybridized carbons (Fsp3) is 0.233. The molecule has 0 fully saturated rings. The highest BCUT2D eigenvalue weighted by Gasteiger charge is 2.25. The zero-order valence-electron chi connectivity index (χ0n) is 28.7. The third-order valence-electron chi connectivity index (χ3n) is 10.3. The number of nitrogens with zero attached hydrogens (tertiary/aromatic N) is 3. The summed E-state index contributed by atoms with van der Waals surface area (Å²) in [6.45, 7) is 17.9. The number of aryl methyl sites for hydroxylation is 3. The molecule has 2 heterocycles. The van der Waals surface area contributed by atoms with E-state index in [1.54, 1.807) is 0 Å². The lowest BCUT2D eigenvalue weighted by atomic mass is 9.75. The summed E-state index contributed by atoms with van der Waals surface area (Å²) in [6.07, 6.45) is 0. The highest BCUT2D eigenvalue weighted by Crippen LogP contribution is 2.38. The summed E-state index contributed by atoms with van der Waals surface area (Å²) < 4.78 is 11.0. The summed E-state index contributed by atoms with van der Waals surface area (Å²) in [5.74, 6) is 2.08.